The van der Waals surface area contributed by atoms with E-state index in [4.69, 9.17) is 0 Å². The lowest BCUT2D eigenvalue weighted by Crippen LogP contribution is -2.18. The molecule has 0 fully saturated rings. The Kier molecular flexibility index (Phi) is 4.98. The Labute approximate surface area is 125 Å². The fourth-order valence-corrected chi connectivity index (χ4v) is 2.46. The lowest BCUT2D eigenvalue weighted by molar-refractivity contribution is 0.573. The molecular formula is C15H15Br2N. The molecule has 0 radical (unpaired) electrons. The zero-order valence-corrected chi connectivity index (χ0v) is 13.3. The number of hydrogen-bond acceptors (Lipinski definition) is 1. The van der Waals surface area contributed by atoms with Gasteiger partial charge in [0.1, 0.15) is 0 Å². The van der Waals surface area contributed by atoms with Crippen molar-refractivity contribution in [2.45, 2.75) is 19.5 Å². The van der Waals surface area contributed by atoms with E-state index in [0.29, 0.717) is 6.04 Å². The van der Waals surface area contributed by atoms with Crippen LogP contribution < -0.4 is 5.32 Å². The first-order valence-electron chi connectivity index (χ1n) is 5.89. The second-order valence-corrected chi connectivity index (χ2v) is 6.02. The highest BCUT2D eigenvalue weighted by atomic mass is 79.9. The molecule has 3 heteroatoms. The molecular weight excluding hydrogens is 354 g/mol. The maximum absolute atomic E-state index is 3.57. The molecule has 0 aliphatic heterocycles. The molecule has 94 valence electrons. The van der Waals surface area contributed by atoms with Crippen LogP contribution in [-0.4, -0.2) is 0 Å². The number of benzene rings is 2. The Bertz CT molecular complexity index is 508. The van der Waals surface area contributed by atoms with Gasteiger partial charge >= 0.3 is 0 Å². The van der Waals surface area contributed by atoms with Gasteiger partial charge in [0, 0.05) is 21.5 Å². The Morgan fingerprint density at radius 1 is 1.00 bits per heavy atom. The summed E-state index contributed by atoms with van der Waals surface area (Å²) in [5.74, 6) is 0. The van der Waals surface area contributed by atoms with Gasteiger partial charge in [0.25, 0.3) is 0 Å². The van der Waals surface area contributed by atoms with Gasteiger partial charge in [-0.2, -0.15) is 0 Å². The third kappa shape index (κ3) is 3.67. The van der Waals surface area contributed by atoms with E-state index in [1.54, 1.807) is 0 Å². The molecule has 2 aromatic carbocycles. The minimum absolute atomic E-state index is 0.338. The van der Waals surface area contributed by atoms with Gasteiger partial charge in [0.15, 0.2) is 0 Å². The second kappa shape index (κ2) is 6.50. The predicted molar refractivity (Wildman–Crippen MR) is 83.5 cm³/mol. The SMILES string of the molecule is C[C@H](NCc1ccccc1Br)c1ccc(Br)cc1. The Balaban J connectivity index is 1.98. The molecule has 0 spiro atoms. The highest BCUT2D eigenvalue weighted by Gasteiger charge is 2.05. The first kappa shape index (κ1) is 13.8. The van der Waals surface area contributed by atoms with Crippen molar-refractivity contribution in [3.05, 3.63) is 68.6 Å². The van der Waals surface area contributed by atoms with Crippen molar-refractivity contribution in [3.63, 3.8) is 0 Å². The molecule has 2 aromatic rings. The first-order valence-corrected chi connectivity index (χ1v) is 7.47. The number of hydrogen-bond donors (Lipinski definition) is 1. The lowest BCUT2D eigenvalue weighted by atomic mass is 10.1. The van der Waals surface area contributed by atoms with Crippen LogP contribution in [0, 0.1) is 0 Å². The molecule has 0 saturated carbocycles. The van der Waals surface area contributed by atoms with Crippen LogP contribution in [0.2, 0.25) is 0 Å². The highest BCUT2D eigenvalue weighted by molar-refractivity contribution is 9.10. The van der Waals surface area contributed by atoms with Gasteiger partial charge in [-0.3, -0.25) is 0 Å². The van der Waals surface area contributed by atoms with Crippen LogP contribution in [0.5, 0.6) is 0 Å². The van der Waals surface area contributed by atoms with Crippen LogP contribution in [0.15, 0.2) is 57.5 Å². The molecule has 1 atom stereocenters. The van der Waals surface area contributed by atoms with E-state index in [-0.39, 0.29) is 0 Å². The van der Waals surface area contributed by atoms with E-state index in [0.717, 1.165) is 15.5 Å². The van der Waals surface area contributed by atoms with Crippen LogP contribution in [0.1, 0.15) is 24.1 Å². The first-order chi connectivity index (χ1) is 8.66. The molecule has 0 amide bonds. The predicted octanol–water partition coefficient (Wildman–Crippen LogP) is 5.06. The van der Waals surface area contributed by atoms with Crippen molar-refractivity contribution in [2.24, 2.45) is 0 Å². The number of nitrogens with one attached hydrogen (secondary N) is 1. The van der Waals surface area contributed by atoms with Crippen molar-refractivity contribution in [1.29, 1.82) is 0 Å². The molecule has 1 N–H and O–H groups in total. The fraction of sp³-hybridized carbons (Fsp3) is 0.200. The molecule has 18 heavy (non-hydrogen) atoms. The topological polar surface area (TPSA) is 12.0 Å². The van der Waals surface area contributed by atoms with Crippen molar-refractivity contribution in [2.75, 3.05) is 0 Å². The largest absolute Gasteiger partial charge is 0.306 e. The molecule has 0 unspecified atom stereocenters. The summed E-state index contributed by atoms with van der Waals surface area (Å²) in [4.78, 5) is 0. The minimum atomic E-state index is 0.338. The van der Waals surface area contributed by atoms with E-state index < -0.39 is 0 Å². The Hall–Kier alpha value is -0.640. The van der Waals surface area contributed by atoms with Gasteiger partial charge < -0.3 is 5.32 Å². The van der Waals surface area contributed by atoms with Gasteiger partial charge in [-0.15, -0.1) is 0 Å². The molecule has 0 aromatic heterocycles. The van der Waals surface area contributed by atoms with E-state index in [2.05, 4.69) is 86.6 Å². The lowest BCUT2D eigenvalue weighted by Gasteiger charge is -2.15. The van der Waals surface area contributed by atoms with E-state index >= 15 is 0 Å². The third-order valence-corrected chi connectivity index (χ3v) is 4.23. The summed E-state index contributed by atoms with van der Waals surface area (Å²) in [5.41, 5.74) is 2.58. The van der Waals surface area contributed by atoms with Crippen molar-refractivity contribution in [1.82, 2.24) is 5.32 Å². The summed E-state index contributed by atoms with van der Waals surface area (Å²) in [7, 11) is 0. The third-order valence-electron chi connectivity index (χ3n) is 2.93. The molecule has 2 rings (SSSR count). The molecule has 0 heterocycles. The molecule has 1 nitrogen and oxygen atoms in total. The quantitative estimate of drug-likeness (QED) is 0.794. The summed E-state index contributed by atoms with van der Waals surface area (Å²) in [6.45, 7) is 3.04. The Morgan fingerprint density at radius 3 is 2.33 bits per heavy atom. The number of halogens is 2. The van der Waals surface area contributed by atoms with E-state index in [1.165, 1.54) is 11.1 Å². The van der Waals surface area contributed by atoms with Crippen molar-refractivity contribution < 1.29 is 0 Å². The molecule has 0 bridgehead atoms. The normalized spacial score (nSPS) is 12.4. The molecule has 0 aliphatic rings. The second-order valence-electron chi connectivity index (χ2n) is 4.25. The monoisotopic (exact) mass is 367 g/mol. The maximum Gasteiger partial charge on any atom is 0.0294 e. The summed E-state index contributed by atoms with van der Waals surface area (Å²) in [6, 6.07) is 17.1. The van der Waals surface area contributed by atoms with Gasteiger partial charge in [0.05, 0.1) is 0 Å². The van der Waals surface area contributed by atoms with Gasteiger partial charge in [-0.05, 0) is 36.2 Å². The zero-order valence-electron chi connectivity index (χ0n) is 10.2. The van der Waals surface area contributed by atoms with Gasteiger partial charge in [-0.1, -0.05) is 62.2 Å². The summed E-state index contributed by atoms with van der Waals surface area (Å²) in [6.07, 6.45) is 0. The number of rotatable bonds is 4. The smallest absolute Gasteiger partial charge is 0.0294 e. The zero-order chi connectivity index (χ0) is 13.0. The summed E-state index contributed by atoms with van der Waals surface area (Å²) >= 11 is 7.02. The Morgan fingerprint density at radius 2 is 1.67 bits per heavy atom. The van der Waals surface area contributed by atoms with Crippen LogP contribution in [0.3, 0.4) is 0 Å². The average molecular weight is 369 g/mol. The molecule has 0 aliphatic carbocycles. The van der Waals surface area contributed by atoms with Crippen molar-refractivity contribution in [3.8, 4) is 0 Å². The summed E-state index contributed by atoms with van der Waals surface area (Å²) < 4.78 is 2.27. The van der Waals surface area contributed by atoms with Crippen LogP contribution in [-0.2, 0) is 6.54 Å². The van der Waals surface area contributed by atoms with Gasteiger partial charge in [-0.25, -0.2) is 0 Å². The van der Waals surface area contributed by atoms with E-state index in [1.807, 2.05) is 6.07 Å². The highest BCUT2D eigenvalue weighted by Crippen LogP contribution is 2.19. The van der Waals surface area contributed by atoms with Gasteiger partial charge in [0.2, 0.25) is 0 Å². The van der Waals surface area contributed by atoms with Crippen LogP contribution in [0.25, 0.3) is 0 Å². The van der Waals surface area contributed by atoms with E-state index in [9.17, 15) is 0 Å². The standard InChI is InChI=1S/C15H15Br2N/c1-11(12-6-8-14(16)9-7-12)18-10-13-4-2-3-5-15(13)17/h2-9,11,18H,10H2,1H3/t11-/m0/s1. The summed E-state index contributed by atoms with van der Waals surface area (Å²) in [5, 5.41) is 3.53. The molecule has 0 saturated heterocycles. The maximum atomic E-state index is 3.57. The fourth-order valence-electron chi connectivity index (χ4n) is 1.77. The average Bonchev–Trinajstić information content (AvgIpc) is 2.38. The van der Waals surface area contributed by atoms with Crippen LogP contribution in [0.4, 0.5) is 0 Å². The van der Waals surface area contributed by atoms with Crippen molar-refractivity contribution >= 4 is 31.9 Å². The van der Waals surface area contributed by atoms with Crippen LogP contribution >= 0.6 is 31.9 Å². The minimum Gasteiger partial charge on any atom is -0.306 e.